The van der Waals surface area contributed by atoms with Gasteiger partial charge in [0.05, 0.1) is 5.69 Å². The highest BCUT2D eigenvalue weighted by Gasteiger charge is 2.13. The smallest absolute Gasteiger partial charge is 0.194 e. The lowest BCUT2D eigenvalue weighted by Gasteiger charge is -2.08. The zero-order valence-corrected chi connectivity index (χ0v) is 12.9. The number of thiazole rings is 1. The normalized spacial score (nSPS) is 13.3. The van der Waals surface area contributed by atoms with Gasteiger partial charge in [-0.2, -0.15) is 0 Å². The Balaban J connectivity index is 2.16. The van der Waals surface area contributed by atoms with E-state index in [4.69, 9.17) is 4.98 Å². The van der Waals surface area contributed by atoms with Crippen molar-refractivity contribution in [1.29, 1.82) is 0 Å². The molecule has 18 heavy (non-hydrogen) atoms. The van der Waals surface area contributed by atoms with Gasteiger partial charge in [0.25, 0.3) is 0 Å². The van der Waals surface area contributed by atoms with E-state index in [-0.39, 0.29) is 0 Å². The predicted molar refractivity (Wildman–Crippen MR) is 80.6 cm³/mol. The highest BCUT2D eigenvalue weighted by atomic mass is 32.2. The van der Waals surface area contributed by atoms with Crippen LogP contribution in [-0.4, -0.2) is 21.7 Å². The van der Waals surface area contributed by atoms with Crippen LogP contribution in [0.2, 0.25) is 0 Å². The molecule has 2 aromatic heterocycles. The monoisotopic (exact) mass is 283 g/mol. The quantitative estimate of drug-likeness (QED) is 0.787. The topological polar surface area (TPSA) is 29.3 Å². The van der Waals surface area contributed by atoms with Crippen LogP contribution in [0.1, 0.15) is 32.9 Å². The SMILES string of the molecule is CCNCc1c(SCC(C)CC)nc2sccn12. The third-order valence-electron chi connectivity index (χ3n) is 3.07. The van der Waals surface area contributed by atoms with E-state index in [9.17, 15) is 0 Å². The van der Waals surface area contributed by atoms with Gasteiger partial charge < -0.3 is 5.32 Å². The Morgan fingerprint density at radius 2 is 2.33 bits per heavy atom. The molecule has 0 aromatic carbocycles. The number of rotatable bonds is 7. The first-order valence-electron chi connectivity index (χ1n) is 6.54. The second-order valence-electron chi connectivity index (χ2n) is 4.52. The van der Waals surface area contributed by atoms with E-state index in [0.29, 0.717) is 0 Å². The maximum absolute atomic E-state index is 4.74. The second-order valence-corrected chi connectivity index (χ2v) is 6.41. The first-order valence-corrected chi connectivity index (χ1v) is 8.40. The van der Waals surface area contributed by atoms with Crippen molar-refractivity contribution in [2.75, 3.05) is 12.3 Å². The van der Waals surface area contributed by atoms with Crippen molar-refractivity contribution in [1.82, 2.24) is 14.7 Å². The van der Waals surface area contributed by atoms with E-state index in [1.54, 1.807) is 11.3 Å². The van der Waals surface area contributed by atoms with Crippen LogP contribution in [0, 0.1) is 5.92 Å². The average molecular weight is 283 g/mol. The third kappa shape index (κ3) is 3.08. The van der Waals surface area contributed by atoms with E-state index in [1.165, 1.54) is 17.1 Å². The fourth-order valence-electron chi connectivity index (χ4n) is 1.67. The van der Waals surface area contributed by atoms with Gasteiger partial charge in [-0.15, -0.1) is 23.1 Å². The average Bonchev–Trinajstić information content (AvgIpc) is 2.94. The number of thioether (sulfide) groups is 1. The fraction of sp³-hybridized carbons (Fsp3) is 0.615. The molecule has 0 bridgehead atoms. The molecule has 1 N–H and O–H groups in total. The van der Waals surface area contributed by atoms with Gasteiger partial charge in [-0.05, 0) is 12.5 Å². The molecule has 5 heteroatoms. The lowest BCUT2D eigenvalue weighted by Crippen LogP contribution is -2.13. The van der Waals surface area contributed by atoms with Crippen LogP contribution >= 0.6 is 23.1 Å². The number of hydrogen-bond acceptors (Lipinski definition) is 4. The van der Waals surface area contributed by atoms with Crippen LogP contribution in [0.3, 0.4) is 0 Å². The van der Waals surface area contributed by atoms with Crippen molar-refractivity contribution < 1.29 is 0 Å². The molecule has 2 aromatic rings. The summed E-state index contributed by atoms with van der Waals surface area (Å²) < 4.78 is 2.21. The van der Waals surface area contributed by atoms with Crippen LogP contribution in [0.4, 0.5) is 0 Å². The van der Waals surface area contributed by atoms with Crippen molar-refractivity contribution in [2.45, 2.75) is 38.8 Å². The summed E-state index contributed by atoms with van der Waals surface area (Å²) in [7, 11) is 0. The molecular weight excluding hydrogens is 262 g/mol. The molecule has 1 unspecified atom stereocenters. The molecule has 0 amide bonds. The summed E-state index contributed by atoms with van der Waals surface area (Å²) in [6, 6.07) is 0. The minimum atomic E-state index is 0.752. The summed E-state index contributed by atoms with van der Waals surface area (Å²) in [6.07, 6.45) is 3.35. The van der Waals surface area contributed by atoms with Gasteiger partial charge in [0.2, 0.25) is 0 Å². The van der Waals surface area contributed by atoms with Crippen molar-refractivity contribution in [3.8, 4) is 0 Å². The number of imidazole rings is 1. The van der Waals surface area contributed by atoms with Gasteiger partial charge in [-0.1, -0.05) is 27.2 Å². The lowest BCUT2D eigenvalue weighted by molar-refractivity contribution is 0.636. The number of aromatic nitrogens is 2. The predicted octanol–water partition coefficient (Wildman–Crippen LogP) is 3.64. The first-order chi connectivity index (χ1) is 8.76. The van der Waals surface area contributed by atoms with E-state index < -0.39 is 0 Å². The highest BCUT2D eigenvalue weighted by Crippen LogP contribution is 2.27. The largest absolute Gasteiger partial charge is 0.311 e. The van der Waals surface area contributed by atoms with Crippen LogP contribution in [-0.2, 0) is 6.54 Å². The molecule has 0 aliphatic rings. The van der Waals surface area contributed by atoms with E-state index in [0.717, 1.165) is 29.7 Å². The minimum absolute atomic E-state index is 0.752. The summed E-state index contributed by atoms with van der Waals surface area (Å²) in [4.78, 5) is 5.84. The summed E-state index contributed by atoms with van der Waals surface area (Å²) in [6.45, 7) is 8.58. The zero-order valence-electron chi connectivity index (χ0n) is 11.3. The molecule has 0 aliphatic heterocycles. The molecule has 0 saturated heterocycles. The molecular formula is C13H21N3S2. The van der Waals surface area contributed by atoms with Crippen molar-refractivity contribution in [3.05, 3.63) is 17.3 Å². The zero-order chi connectivity index (χ0) is 13.0. The van der Waals surface area contributed by atoms with E-state index in [1.807, 2.05) is 11.8 Å². The van der Waals surface area contributed by atoms with Crippen LogP contribution in [0.15, 0.2) is 16.6 Å². The van der Waals surface area contributed by atoms with E-state index in [2.05, 4.69) is 42.1 Å². The standard InChI is InChI=1S/C13H21N3S2/c1-4-10(3)9-18-12-11(8-14-5-2)16-6-7-17-13(16)15-12/h6-7,10,14H,4-5,8-9H2,1-3H3. The van der Waals surface area contributed by atoms with Crippen LogP contribution in [0.25, 0.3) is 4.96 Å². The Labute approximate surface area is 117 Å². The molecule has 100 valence electrons. The van der Waals surface area contributed by atoms with Gasteiger partial charge in [0, 0.05) is 23.9 Å². The summed E-state index contributed by atoms with van der Waals surface area (Å²) in [5, 5.41) is 6.70. The van der Waals surface area contributed by atoms with Crippen molar-refractivity contribution in [2.24, 2.45) is 5.92 Å². The number of nitrogens with zero attached hydrogens (tertiary/aromatic N) is 2. The Bertz CT molecular complexity index is 489. The third-order valence-corrected chi connectivity index (χ3v) is 5.16. The molecule has 1 atom stereocenters. The number of hydrogen-bond donors (Lipinski definition) is 1. The molecule has 0 spiro atoms. The van der Waals surface area contributed by atoms with Gasteiger partial charge in [0.15, 0.2) is 4.96 Å². The fourth-order valence-corrected chi connectivity index (χ4v) is 3.63. The maximum atomic E-state index is 4.74. The summed E-state index contributed by atoms with van der Waals surface area (Å²) in [5.41, 5.74) is 1.31. The summed E-state index contributed by atoms with van der Waals surface area (Å²) >= 11 is 3.60. The first kappa shape index (κ1) is 13.9. The Kier molecular flexibility index (Phi) is 5.09. The van der Waals surface area contributed by atoms with Crippen LogP contribution < -0.4 is 5.32 Å². The van der Waals surface area contributed by atoms with Gasteiger partial charge in [-0.3, -0.25) is 4.40 Å². The Morgan fingerprint density at radius 1 is 1.50 bits per heavy atom. The van der Waals surface area contributed by atoms with E-state index >= 15 is 0 Å². The number of fused-ring (bicyclic) bond motifs is 1. The molecule has 2 rings (SSSR count). The van der Waals surface area contributed by atoms with Gasteiger partial charge in [0.1, 0.15) is 5.03 Å². The maximum Gasteiger partial charge on any atom is 0.194 e. The molecule has 0 saturated carbocycles. The molecule has 0 aliphatic carbocycles. The molecule has 2 heterocycles. The van der Waals surface area contributed by atoms with Gasteiger partial charge in [-0.25, -0.2) is 4.98 Å². The minimum Gasteiger partial charge on any atom is -0.311 e. The summed E-state index contributed by atoms with van der Waals surface area (Å²) in [5.74, 6) is 1.90. The molecule has 0 radical (unpaired) electrons. The Hall–Kier alpha value is -0.520. The second kappa shape index (κ2) is 6.59. The van der Waals surface area contributed by atoms with Crippen molar-refractivity contribution in [3.63, 3.8) is 0 Å². The molecule has 3 nitrogen and oxygen atoms in total. The van der Waals surface area contributed by atoms with Crippen LogP contribution in [0.5, 0.6) is 0 Å². The van der Waals surface area contributed by atoms with Gasteiger partial charge >= 0.3 is 0 Å². The lowest BCUT2D eigenvalue weighted by atomic mass is 10.2. The number of nitrogens with one attached hydrogen (secondary N) is 1. The Morgan fingerprint density at radius 3 is 3.06 bits per heavy atom. The van der Waals surface area contributed by atoms with Crippen molar-refractivity contribution >= 4 is 28.1 Å². The molecule has 0 fully saturated rings. The highest BCUT2D eigenvalue weighted by molar-refractivity contribution is 7.99.